The topological polar surface area (TPSA) is 72.2 Å². The van der Waals surface area contributed by atoms with Gasteiger partial charge in [0.2, 0.25) is 10.1 Å². The Kier molecular flexibility index (Phi) is 3.38. The van der Waals surface area contributed by atoms with Gasteiger partial charge in [-0.2, -0.15) is 4.52 Å². The van der Waals surface area contributed by atoms with Gasteiger partial charge >= 0.3 is 0 Å². The number of benzene rings is 1. The predicted octanol–water partition coefficient (Wildman–Crippen LogP) is 2.70. The lowest BCUT2D eigenvalue weighted by Crippen LogP contribution is -2.13. The minimum Gasteiger partial charge on any atom is -0.296 e. The van der Waals surface area contributed by atoms with Gasteiger partial charge in [-0.05, 0) is 12.1 Å². The zero-order valence-corrected chi connectivity index (χ0v) is 12.2. The van der Waals surface area contributed by atoms with Gasteiger partial charge in [0.25, 0.3) is 5.91 Å². The molecule has 108 valence electrons. The molecule has 0 fully saturated rings. The molecule has 0 aliphatic carbocycles. The van der Waals surface area contributed by atoms with Crippen LogP contribution < -0.4 is 5.32 Å². The number of carbonyl (C=O) groups is 1. The Bertz CT molecular complexity index is 810. The molecule has 6 nitrogen and oxygen atoms in total. The van der Waals surface area contributed by atoms with E-state index in [1.165, 1.54) is 29.5 Å². The number of hydrogen-bond donors (Lipinski definition) is 1. The maximum Gasteiger partial charge on any atom is 0.260 e. The molecule has 0 unspecified atom stereocenters. The Morgan fingerprint density at radius 2 is 2.10 bits per heavy atom. The first kappa shape index (κ1) is 13.6. The minimum atomic E-state index is -0.569. The number of aromatic nitrogens is 4. The molecule has 2 aromatic heterocycles. The number of amides is 1. The maximum absolute atomic E-state index is 13.6. The van der Waals surface area contributed by atoms with Gasteiger partial charge < -0.3 is 0 Å². The molecule has 0 spiro atoms. The lowest BCUT2D eigenvalue weighted by atomic mass is 10.2. The molecular formula is C13H12FN5OS. The molecular weight excluding hydrogens is 293 g/mol. The molecule has 21 heavy (non-hydrogen) atoms. The third-order valence-corrected chi connectivity index (χ3v) is 3.68. The van der Waals surface area contributed by atoms with E-state index < -0.39 is 11.7 Å². The zero-order valence-electron chi connectivity index (χ0n) is 11.4. The summed E-state index contributed by atoms with van der Waals surface area (Å²) in [6.07, 6.45) is 0. The number of anilines is 1. The molecule has 0 bridgehead atoms. The summed E-state index contributed by atoms with van der Waals surface area (Å²) in [7, 11) is 0. The fraction of sp³-hybridized carbons (Fsp3) is 0.231. The van der Waals surface area contributed by atoms with E-state index in [9.17, 15) is 9.18 Å². The van der Waals surface area contributed by atoms with Crippen LogP contribution in [-0.4, -0.2) is 25.7 Å². The van der Waals surface area contributed by atoms with E-state index in [1.54, 1.807) is 10.6 Å². The van der Waals surface area contributed by atoms with Crippen molar-refractivity contribution in [1.29, 1.82) is 0 Å². The zero-order chi connectivity index (χ0) is 15.0. The molecule has 2 heterocycles. The second-order valence-corrected chi connectivity index (χ2v) is 5.70. The molecule has 0 saturated carbocycles. The number of carbonyl (C=O) groups excluding carboxylic acids is 1. The predicted molar refractivity (Wildman–Crippen MR) is 77.1 cm³/mol. The number of hydrogen-bond acceptors (Lipinski definition) is 5. The van der Waals surface area contributed by atoms with Gasteiger partial charge in [-0.1, -0.05) is 37.3 Å². The van der Waals surface area contributed by atoms with E-state index in [0.29, 0.717) is 15.9 Å². The fourth-order valence-corrected chi connectivity index (χ4v) is 2.59. The van der Waals surface area contributed by atoms with E-state index in [-0.39, 0.29) is 11.5 Å². The molecule has 1 amide bonds. The van der Waals surface area contributed by atoms with Crippen molar-refractivity contribution in [2.75, 3.05) is 5.32 Å². The van der Waals surface area contributed by atoms with Gasteiger partial charge in [-0.3, -0.25) is 10.1 Å². The van der Waals surface area contributed by atoms with Crippen LogP contribution in [0.15, 0.2) is 24.3 Å². The monoisotopic (exact) mass is 305 g/mol. The van der Waals surface area contributed by atoms with Gasteiger partial charge in [0.05, 0.1) is 5.56 Å². The van der Waals surface area contributed by atoms with Crippen molar-refractivity contribution >= 4 is 27.3 Å². The van der Waals surface area contributed by atoms with Crippen molar-refractivity contribution in [2.45, 2.75) is 19.8 Å². The van der Waals surface area contributed by atoms with Crippen LogP contribution in [0.2, 0.25) is 0 Å². The Labute approximate surface area is 123 Å². The highest BCUT2D eigenvalue weighted by atomic mass is 32.1. The third kappa shape index (κ3) is 2.49. The number of nitrogens with zero attached hydrogens (tertiary/aromatic N) is 4. The van der Waals surface area contributed by atoms with Gasteiger partial charge in [-0.15, -0.1) is 15.3 Å². The summed E-state index contributed by atoms with van der Waals surface area (Å²) in [5.74, 6) is -0.227. The SMILES string of the molecule is CC(C)c1nnc2sc(NC(=O)c3ccccc3F)nn12. The first-order chi connectivity index (χ1) is 10.1. The van der Waals surface area contributed by atoms with E-state index in [0.717, 1.165) is 0 Å². The maximum atomic E-state index is 13.6. The summed E-state index contributed by atoms with van der Waals surface area (Å²) in [4.78, 5) is 12.6. The van der Waals surface area contributed by atoms with Crippen LogP contribution in [0.4, 0.5) is 9.52 Å². The quantitative estimate of drug-likeness (QED) is 0.807. The highest BCUT2D eigenvalue weighted by molar-refractivity contribution is 7.20. The molecule has 0 aliphatic rings. The average Bonchev–Trinajstić information content (AvgIpc) is 2.98. The van der Waals surface area contributed by atoms with Gasteiger partial charge in [0.1, 0.15) is 5.82 Å². The fourth-order valence-electron chi connectivity index (χ4n) is 1.85. The molecule has 3 rings (SSSR count). The van der Waals surface area contributed by atoms with Crippen LogP contribution in [0, 0.1) is 5.82 Å². The van der Waals surface area contributed by atoms with Crippen molar-refractivity contribution in [3.8, 4) is 0 Å². The van der Waals surface area contributed by atoms with Gasteiger partial charge in [0.15, 0.2) is 5.82 Å². The smallest absolute Gasteiger partial charge is 0.260 e. The van der Waals surface area contributed by atoms with Crippen LogP contribution in [0.1, 0.15) is 35.9 Å². The van der Waals surface area contributed by atoms with Crippen LogP contribution >= 0.6 is 11.3 Å². The van der Waals surface area contributed by atoms with Crippen LogP contribution in [0.25, 0.3) is 4.96 Å². The number of fused-ring (bicyclic) bond motifs is 1. The number of halogens is 1. The van der Waals surface area contributed by atoms with E-state index in [1.807, 2.05) is 13.8 Å². The van der Waals surface area contributed by atoms with Crippen LogP contribution in [-0.2, 0) is 0 Å². The summed E-state index contributed by atoms with van der Waals surface area (Å²) >= 11 is 1.19. The second-order valence-electron chi connectivity index (χ2n) is 4.75. The van der Waals surface area contributed by atoms with Crippen molar-refractivity contribution in [3.63, 3.8) is 0 Å². The Morgan fingerprint density at radius 1 is 1.33 bits per heavy atom. The van der Waals surface area contributed by atoms with Crippen molar-refractivity contribution in [3.05, 3.63) is 41.5 Å². The molecule has 0 radical (unpaired) electrons. The molecule has 0 saturated heterocycles. The summed E-state index contributed by atoms with van der Waals surface area (Å²) in [6, 6.07) is 5.80. The summed E-state index contributed by atoms with van der Waals surface area (Å²) < 4.78 is 15.1. The second kappa shape index (κ2) is 5.21. The molecule has 0 atom stereocenters. The first-order valence-electron chi connectivity index (χ1n) is 6.34. The Hall–Kier alpha value is -2.35. The molecule has 1 aromatic carbocycles. The van der Waals surface area contributed by atoms with E-state index in [2.05, 4.69) is 20.6 Å². The van der Waals surface area contributed by atoms with Crippen LogP contribution in [0.5, 0.6) is 0 Å². The Balaban J connectivity index is 1.88. The largest absolute Gasteiger partial charge is 0.296 e. The van der Waals surface area contributed by atoms with Gasteiger partial charge in [-0.25, -0.2) is 4.39 Å². The standard InChI is InChI=1S/C13H12FN5OS/c1-7(2)10-16-17-13-19(10)18-12(21-13)15-11(20)8-5-3-4-6-9(8)14/h3-7H,1-2H3,(H,15,18,20). The van der Waals surface area contributed by atoms with Crippen molar-refractivity contribution in [1.82, 2.24) is 19.8 Å². The summed E-state index contributed by atoms with van der Waals surface area (Å²) in [5, 5.41) is 15.2. The molecule has 8 heteroatoms. The lowest BCUT2D eigenvalue weighted by molar-refractivity contribution is 0.102. The Morgan fingerprint density at radius 3 is 2.81 bits per heavy atom. The number of nitrogens with one attached hydrogen (secondary N) is 1. The molecule has 1 N–H and O–H groups in total. The normalized spacial score (nSPS) is 11.2. The lowest BCUT2D eigenvalue weighted by Gasteiger charge is -2.02. The van der Waals surface area contributed by atoms with Crippen LogP contribution in [0.3, 0.4) is 0 Å². The van der Waals surface area contributed by atoms with E-state index >= 15 is 0 Å². The number of rotatable bonds is 3. The van der Waals surface area contributed by atoms with E-state index in [4.69, 9.17) is 0 Å². The first-order valence-corrected chi connectivity index (χ1v) is 7.16. The summed E-state index contributed by atoms with van der Waals surface area (Å²) in [5.41, 5.74) is -0.0208. The highest BCUT2D eigenvalue weighted by Crippen LogP contribution is 2.22. The molecule has 3 aromatic rings. The van der Waals surface area contributed by atoms with Crippen molar-refractivity contribution in [2.24, 2.45) is 0 Å². The summed E-state index contributed by atoms with van der Waals surface area (Å²) in [6.45, 7) is 3.96. The highest BCUT2D eigenvalue weighted by Gasteiger charge is 2.17. The van der Waals surface area contributed by atoms with Crippen molar-refractivity contribution < 1.29 is 9.18 Å². The van der Waals surface area contributed by atoms with Gasteiger partial charge in [0, 0.05) is 5.92 Å². The average molecular weight is 305 g/mol. The third-order valence-electron chi connectivity index (χ3n) is 2.87. The minimum absolute atomic E-state index is 0.0208. The molecule has 0 aliphatic heterocycles.